The number of hydrogen-bond donors (Lipinski definition) is 4. The Balaban J connectivity index is 1.57. The molecule has 1 amide bonds. The van der Waals surface area contributed by atoms with Crippen molar-refractivity contribution in [2.75, 3.05) is 15.8 Å². The number of aromatic amines is 1. The highest BCUT2D eigenvalue weighted by Gasteiger charge is 2.28. The van der Waals surface area contributed by atoms with Gasteiger partial charge in [-0.15, -0.1) is 0 Å². The van der Waals surface area contributed by atoms with Crippen molar-refractivity contribution >= 4 is 46.5 Å². The van der Waals surface area contributed by atoms with Crippen LogP contribution in [0.5, 0.6) is 0 Å². The molecule has 10 heteroatoms. The number of pyridine rings is 1. The van der Waals surface area contributed by atoms with Crippen LogP contribution in [0, 0.1) is 5.82 Å². The second-order valence-electron chi connectivity index (χ2n) is 7.26. The topological polar surface area (TPSA) is 99.8 Å². The Labute approximate surface area is 170 Å². The molecule has 2 aromatic heterocycles. The van der Waals surface area contributed by atoms with E-state index in [2.05, 4.69) is 33.7 Å². The molecule has 1 unspecified atom stereocenters. The smallest absolute Gasteiger partial charge is 0.258 e. The van der Waals surface area contributed by atoms with E-state index in [0.29, 0.717) is 29.4 Å². The molecule has 1 aliphatic carbocycles. The molecular weight excluding hydrogens is 412 g/mol. The van der Waals surface area contributed by atoms with Gasteiger partial charge in [0, 0.05) is 17.1 Å². The number of anilines is 2. The molecule has 0 bridgehead atoms. The Morgan fingerprint density at radius 1 is 1.41 bits per heavy atom. The third-order valence-corrected chi connectivity index (χ3v) is 7.67. The summed E-state index contributed by atoms with van der Waals surface area (Å²) in [6.45, 7) is 1.90. The summed E-state index contributed by atoms with van der Waals surface area (Å²) in [4.78, 5) is 17.0. The van der Waals surface area contributed by atoms with Gasteiger partial charge in [-0.2, -0.15) is 5.10 Å². The highest BCUT2D eigenvalue weighted by molar-refractivity contribution is 8.46. The lowest BCUT2D eigenvalue weighted by molar-refractivity contribution is 0.102. The van der Waals surface area contributed by atoms with Crippen molar-refractivity contribution in [1.29, 1.82) is 0 Å². The fraction of sp³-hybridized carbons (Fsp3) is 0.316. The van der Waals surface area contributed by atoms with Gasteiger partial charge in [0.1, 0.15) is 0 Å². The third-order valence-electron chi connectivity index (χ3n) is 4.78. The molecule has 1 aliphatic rings. The summed E-state index contributed by atoms with van der Waals surface area (Å²) in [5.41, 5.74) is 1.99. The quantitative estimate of drug-likeness (QED) is 0.335. The largest absolute Gasteiger partial charge is 0.322 e. The molecule has 0 spiro atoms. The average Bonchev–Trinajstić information content (AvgIpc) is 3.42. The average molecular weight is 435 g/mol. The number of halogens is 1. The maximum absolute atomic E-state index is 14.9. The Morgan fingerprint density at radius 2 is 2.21 bits per heavy atom. The van der Waals surface area contributed by atoms with Crippen molar-refractivity contribution in [3.8, 4) is 0 Å². The molecule has 3 N–H and O–H groups in total. The first kappa shape index (κ1) is 19.9. The predicted molar refractivity (Wildman–Crippen MR) is 118 cm³/mol. The van der Waals surface area contributed by atoms with Crippen LogP contribution in [0.1, 0.15) is 48.2 Å². The summed E-state index contributed by atoms with van der Waals surface area (Å²) in [5, 5.41) is 10.8. The third kappa shape index (κ3) is 4.31. The summed E-state index contributed by atoms with van der Waals surface area (Å²) < 4.78 is 30.1. The minimum absolute atomic E-state index is 0.0452. The van der Waals surface area contributed by atoms with Crippen LogP contribution in [-0.2, 0) is 9.74 Å². The summed E-state index contributed by atoms with van der Waals surface area (Å²) in [6, 6.07) is 6.22. The number of amides is 1. The molecular formula is C19H23FN5O2PS. The Bertz CT molecular complexity index is 1130. The molecule has 1 atom stereocenters. The summed E-state index contributed by atoms with van der Waals surface area (Å²) in [6.07, 6.45) is 4.40. The van der Waals surface area contributed by atoms with E-state index in [1.54, 1.807) is 12.1 Å². The molecule has 154 valence electrons. The minimum atomic E-state index is -2.81. The van der Waals surface area contributed by atoms with Crippen molar-refractivity contribution in [2.24, 2.45) is 0 Å². The molecule has 1 fully saturated rings. The number of nitrogens with zero attached hydrogens (tertiary/aromatic N) is 2. The van der Waals surface area contributed by atoms with Gasteiger partial charge in [0.05, 0.1) is 28.8 Å². The molecule has 3 aromatic rings. The number of nitrogens with one attached hydrogen (secondary N) is 3. The lowest BCUT2D eigenvalue weighted by Crippen LogP contribution is -2.20. The minimum Gasteiger partial charge on any atom is -0.322 e. The summed E-state index contributed by atoms with van der Waals surface area (Å²) in [5.74, 6) is -0.493. The molecule has 0 saturated heterocycles. The van der Waals surface area contributed by atoms with Gasteiger partial charge in [-0.25, -0.2) is 9.37 Å². The van der Waals surface area contributed by atoms with E-state index in [1.807, 2.05) is 6.92 Å². The normalized spacial score (nSPS) is 14.7. The Morgan fingerprint density at radius 3 is 2.93 bits per heavy atom. The van der Waals surface area contributed by atoms with Crippen LogP contribution in [0.25, 0.3) is 11.0 Å². The second kappa shape index (κ2) is 7.80. The highest BCUT2D eigenvalue weighted by atomic mass is 32.8. The molecule has 2 heterocycles. The Hall–Kier alpha value is -2.38. The van der Waals surface area contributed by atoms with Crippen molar-refractivity contribution in [3.05, 3.63) is 47.5 Å². The van der Waals surface area contributed by atoms with Gasteiger partial charge >= 0.3 is 0 Å². The van der Waals surface area contributed by atoms with Gasteiger partial charge in [-0.3, -0.25) is 14.1 Å². The number of thiol groups is 1. The van der Waals surface area contributed by atoms with E-state index in [4.69, 9.17) is 0 Å². The van der Waals surface area contributed by atoms with Crippen LogP contribution in [0.4, 0.5) is 15.8 Å². The number of carbonyl (C=O) groups is 1. The SMILES string of the molecule is CCC[SH](=O)(P)Nc1cccc(C(=O)Nc2cnc3[nH]nc(C4CC4)c3c2)c1F. The van der Waals surface area contributed by atoms with E-state index in [9.17, 15) is 13.4 Å². The predicted octanol–water partition coefficient (Wildman–Crippen LogP) is 3.77. The number of rotatable bonds is 7. The van der Waals surface area contributed by atoms with Crippen molar-refractivity contribution in [1.82, 2.24) is 15.2 Å². The van der Waals surface area contributed by atoms with Gasteiger partial charge in [0.2, 0.25) is 0 Å². The van der Waals surface area contributed by atoms with Gasteiger partial charge in [-0.05, 0) is 55.6 Å². The second-order valence-corrected chi connectivity index (χ2v) is 12.0. The van der Waals surface area contributed by atoms with Crippen LogP contribution in [0.3, 0.4) is 0 Å². The van der Waals surface area contributed by atoms with E-state index < -0.39 is 21.5 Å². The number of fused-ring (bicyclic) bond motifs is 1. The lowest BCUT2D eigenvalue weighted by atomic mass is 10.1. The van der Waals surface area contributed by atoms with Crippen molar-refractivity contribution < 1.29 is 13.4 Å². The highest BCUT2D eigenvalue weighted by Crippen LogP contribution is 2.42. The van der Waals surface area contributed by atoms with Crippen LogP contribution in [0.2, 0.25) is 0 Å². The molecule has 1 aromatic carbocycles. The van der Waals surface area contributed by atoms with Crippen molar-refractivity contribution in [2.45, 2.75) is 32.1 Å². The number of benzene rings is 1. The number of aromatic nitrogens is 3. The van der Waals surface area contributed by atoms with E-state index >= 15 is 0 Å². The molecule has 1 saturated carbocycles. The summed E-state index contributed by atoms with van der Waals surface area (Å²) in [7, 11) is -0.546. The monoisotopic (exact) mass is 435 g/mol. The zero-order chi connectivity index (χ0) is 20.6. The van der Waals surface area contributed by atoms with Crippen LogP contribution < -0.4 is 10.0 Å². The lowest BCUT2D eigenvalue weighted by Gasteiger charge is -2.21. The zero-order valence-electron chi connectivity index (χ0n) is 15.9. The van der Waals surface area contributed by atoms with E-state index in [-0.39, 0.29) is 11.3 Å². The fourth-order valence-electron chi connectivity index (χ4n) is 3.24. The van der Waals surface area contributed by atoms with E-state index in [0.717, 1.165) is 23.9 Å². The maximum atomic E-state index is 14.9. The first-order valence-electron chi connectivity index (χ1n) is 9.48. The van der Waals surface area contributed by atoms with Crippen LogP contribution >= 0.6 is 8.44 Å². The number of carbonyl (C=O) groups excluding carboxylic acids is 1. The first-order chi connectivity index (χ1) is 13.9. The summed E-state index contributed by atoms with van der Waals surface area (Å²) >= 11 is 0. The molecule has 7 nitrogen and oxygen atoms in total. The van der Waals surface area contributed by atoms with Gasteiger partial charge in [0.25, 0.3) is 5.91 Å². The van der Waals surface area contributed by atoms with Crippen molar-refractivity contribution in [3.63, 3.8) is 0 Å². The molecule has 0 aliphatic heterocycles. The van der Waals surface area contributed by atoms with Crippen LogP contribution in [-0.4, -0.2) is 31.1 Å². The van der Waals surface area contributed by atoms with Gasteiger partial charge in [-0.1, -0.05) is 13.0 Å². The molecule has 0 radical (unpaired) electrons. The zero-order valence-corrected chi connectivity index (χ0v) is 18.0. The van der Waals surface area contributed by atoms with E-state index in [1.165, 1.54) is 18.3 Å². The maximum Gasteiger partial charge on any atom is 0.258 e. The van der Waals surface area contributed by atoms with Gasteiger partial charge < -0.3 is 10.0 Å². The first-order valence-corrected chi connectivity index (χ1v) is 13.0. The molecule has 4 rings (SSSR count). The van der Waals surface area contributed by atoms with Crippen LogP contribution in [0.15, 0.2) is 30.5 Å². The number of H-pyrrole nitrogens is 1. The molecule has 29 heavy (non-hydrogen) atoms. The number of hydrogen-bond acceptors (Lipinski definition) is 4. The fourth-order valence-corrected chi connectivity index (χ4v) is 5.79. The van der Waals surface area contributed by atoms with Gasteiger partial charge in [0.15, 0.2) is 11.5 Å². The Kier molecular flexibility index (Phi) is 5.36. The standard InChI is InChI=1S/C19H23FN5O2PS/c1-2-8-29(27,28)25-15-5-3-4-13(16(15)20)19(26)22-12-9-14-17(11-6-7-11)23-24-18(14)21-10-12/h3-5,9-11,29H,2,6-8,28H2,1H3,(H,22,26)(H,25,27)(H,21,23,24).